The Morgan fingerprint density at radius 3 is 2.50 bits per heavy atom. The summed E-state index contributed by atoms with van der Waals surface area (Å²) in [6, 6.07) is 11.5. The Bertz CT molecular complexity index is 935. The van der Waals surface area contributed by atoms with Crippen LogP contribution in [-0.2, 0) is 14.8 Å². The van der Waals surface area contributed by atoms with Crippen molar-refractivity contribution in [1.82, 2.24) is 4.31 Å². The fourth-order valence-corrected chi connectivity index (χ4v) is 7.54. The first-order valence-corrected chi connectivity index (χ1v) is 12.8. The Morgan fingerprint density at radius 1 is 1.04 bits per heavy atom. The molecule has 1 saturated heterocycles. The number of rotatable bonds is 3. The zero-order valence-corrected chi connectivity index (χ0v) is 18.2. The third-order valence-electron chi connectivity index (χ3n) is 5.40. The van der Waals surface area contributed by atoms with E-state index < -0.39 is 10.0 Å². The zero-order chi connectivity index (χ0) is 19.7. The molecular formula is C20H24N2O3S3. The van der Waals surface area contributed by atoms with E-state index in [2.05, 4.69) is 13.0 Å². The Morgan fingerprint density at radius 2 is 1.79 bits per heavy atom. The first-order valence-electron chi connectivity index (χ1n) is 9.57. The average molecular weight is 437 g/mol. The third-order valence-corrected chi connectivity index (χ3v) is 9.91. The molecule has 0 radical (unpaired) electrons. The van der Waals surface area contributed by atoms with Gasteiger partial charge < -0.3 is 4.90 Å². The second kappa shape index (κ2) is 8.18. The molecule has 0 aliphatic carbocycles. The summed E-state index contributed by atoms with van der Waals surface area (Å²) in [4.78, 5) is 16.4. The zero-order valence-electron chi connectivity index (χ0n) is 15.8. The van der Waals surface area contributed by atoms with Gasteiger partial charge in [-0.2, -0.15) is 4.31 Å². The van der Waals surface area contributed by atoms with Gasteiger partial charge in [0.15, 0.2) is 0 Å². The number of carbonyl (C=O) groups excluding carboxylic acids is 1. The molecule has 0 saturated carbocycles. The monoisotopic (exact) mass is 436 g/mol. The molecule has 2 aromatic rings. The number of amides is 1. The lowest BCUT2D eigenvalue weighted by atomic mass is 9.96. The molecule has 1 amide bonds. The summed E-state index contributed by atoms with van der Waals surface area (Å²) in [5, 5.41) is 2.25. The van der Waals surface area contributed by atoms with Gasteiger partial charge in [0.2, 0.25) is 5.91 Å². The molecule has 1 aromatic heterocycles. The summed E-state index contributed by atoms with van der Waals surface area (Å²) in [6.07, 6.45) is 2.10. The van der Waals surface area contributed by atoms with Crippen molar-refractivity contribution in [2.24, 2.45) is 5.92 Å². The minimum absolute atomic E-state index is 0.124. The quantitative estimate of drug-likeness (QED) is 0.728. The fraction of sp³-hybridized carbons (Fsp3) is 0.450. The van der Waals surface area contributed by atoms with Crippen molar-refractivity contribution < 1.29 is 13.2 Å². The molecule has 5 nitrogen and oxygen atoms in total. The van der Waals surface area contributed by atoms with Gasteiger partial charge in [-0.05, 0) is 42.8 Å². The first-order chi connectivity index (χ1) is 13.5. The van der Waals surface area contributed by atoms with Gasteiger partial charge in [0.05, 0.1) is 5.69 Å². The van der Waals surface area contributed by atoms with Crippen LogP contribution in [0.5, 0.6) is 0 Å². The highest BCUT2D eigenvalue weighted by Gasteiger charge is 2.35. The van der Waals surface area contributed by atoms with Crippen LogP contribution in [0.1, 0.15) is 26.2 Å². The van der Waals surface area contributed by atoms with E-state index in [0.29, 0.717) is 35.4 Å². The lowest BCUT2D eigenvalue weighted by Gasteiger charge is -2.33. The van der Waals surface area contributed by atoms with Crippen molar-refractivity contribution in [2.75, 3.05) is 24.5 Å². The lowest BCUT2D eigenvalue weighted by Crippen LogP contribution is -2.44. The van der Waals surface area contributed by atoms with Crippen molar-refractivity contribution in [2.45, 2.75) is 40.5 Å². The number of carbonyl (C=O) groups is 1. The highest BCUT2D eigenvalue weighted by Crippen LogP contribution is 2.38. The maximum atomic E-state index is 13.3. The standard InChI is InChI=1S/C20H24N2O3S3/c1-15-8-13-22(17-5-2-3-6-18(17)27-15)20(23)16-9-11-21(12-10-16)28(24,25)19-7-4-14-26-19/h2-7,14-16H,8-13H2,1H3/t15-/m0/s1. The van der Waals surface area contributed by atoms with Gasteiger partial charge in [-0.1, -0.05) is 25.1 Å². The summed E-state index contributed by atoms with van der Waals surface area (Å²) >= 11 is 3.06. The molecule has 28 heavy (non-hydrogen) atoms. The molecule has 8 heteroatoms. The number of thiophene rings is 1. The Kier molecular flexibility index (Phi) is 5.83. The van der Waals surface area contributed by atoms with Crippen molar-refractivity contribution in [1.29, 1.82) is 0 Å². The van der Waals surface area contributed by atoms with Crippen molar-refractivity contribution in [3.8, 4) is 0 Å². The van der Waals surface area contributed by atoms with Crippen LogP contribution in [0, 0.1) is 5.92 Å². The van der Waals surface area contributed by atoms with Crippen LogP contribution in [0.2, 0.25) is 0 Å². The number of nitrogens with zero attached hydrogens (tertiary/aromatic N) is 2. The molecule has 150 valence electrons. The van der Waals surface area contributed by atoms with E-state index in [1.807, 2.05) is 34.9 Å². The molecule has 1 fully saturated rings. The minimum Gasteiger partial charge on any atom is -0.311 e. The van der Waals surface area contributed by atoms with E-state index in [1.54, 1.807) is 17.5 Å². The van der Waals surface area contributed by atoms with Gasteiger partial charge in [0, 0.05) is 35.7 Å². The predicted molar refractivity (Wildman–Crippen MR) is 115 cm³/mol. The number of hydrogen-bond acceptors (Lipinski definition) is 5. The number of sulfonamides is 1. The largest absolute Gasteiger partial charge is 0.311 e. The SMILES string of the molecule is C[C@H]1CCN(C(=O)C2CCN(S(=O)(=O)c3cccs3)CC2)c2ccccc2S1. The van der Waals surface area contributed by atoms with E-state index in [9.17, 15) is 13.2 Å². The topological polar surface area (TPSA) is 57.7 Å². The molecule has 0 N–H and O–H groups in total. The number of hydrogen-bond donors (Lipinski definition) is 0. The highest BCUT2D eigenvalue weighted by atomic mass is 32.2. The third kappa shape index (κ3) is 3.87. The van der Waals surface area contributed by atoms with E-state index in [4.69, 9.17) is 0 Å². The Hall–Kier alpha value is -1.35. The van der Waals surface area contributed by atoms with E-state index >= 15 is 0 Å². The minimum atomic E-state index is -3.43. The molecule has 4 rings (SSSR count). The lowest BCUT2D eigenvalue weighted by molar-refractivity contribution is -0.123. The maximum absolute atomic E-state index is 13.3. The van der Waals surface area contributed by atoms with Gasteiger partial charge >= 0.3 is 0 Å². The normalized spacial score (nSPS) is 21.9. The van der Waals surface area contributed by atoms with Crippen LogP contribution in [-0.4, -0.2) is 43.5 Å². The number of anilines is 1. The summed E-state index contributed by atoms with van der Waals surface area (Å²) in [7, 11) is -3.43. The summed E-state index contributed by atoms with van der Waals surface area (Å²) < 4.78 is 27.3. The number of fused-ring (bicyclic) bond motifs is 1. The van der Waals surface area contributed by atoms with E-state index in [1.165, 1.54) is 15.6 Å². The highest BCUT2D eigenvalue weighted by molar-refractivity contribution is 8.00. The molecule has 1 aromatic carbocycles. The van der Waals surface area contributed by atoms with E-state index in [0.717, 1.165) is 23.5 Å². The van der Waals surface area contributed by atoms with Crippen molar-refractivity contribution in [3.63, 3.8) is 0 Å². The fourth-order valence-electron chi connectivity index (χ4n) is 3.82. The van der Waals surface area contributed by atoms with Crippen LogP contribution < -0.4 is 4.90 Å². The van der Waals surface area contributed by atoms with Gasteiger partial charge in [-0.25, -0.2) is 8.42 Å². The molecular weight excluding hydrogens is 412 g/mol. The Labute approximate surface area is 174 Å². The second-order valence-corrected chi connectivity index (χ2v) is 11.9. The smallest absolute Gasteiger partial charge is 0.252 e. The van der Waals surface area contributed by atoms with Crippen molar-refractivity contribution in [3.05, 3.63) is 41.8 Å². The average Bonchev–Trinajstić information content (AvgIpc) is 3.19. The van der Waals surface area contributed by atoms with Crippen LogP contribution in [0.25, 0.3) is 0 Å². The molecule has 2 aliphatic rings. The number of thioether (sulfide) groups is 1. The molecule has 0 bridgehead atoms. The summed E-state index contributed by atoms with van der Waals surface area (Å²) in [5.74, 6) is 0.0107. The molecule has 1 atom stereocenters. The predicted octanol–water partition coefficient (Wildman–Crippen LogP) is 4.07. The van der Waals surface area contributed by atoms with Crippen LogP contribution in [0.15, 0.2) is 50.9 Å². The van der Waals surface area contributed by atoms with Gasteiger partial charge in [0.1, 0.15) is 4.21 Å². The first kappa shape index (κ1) is 19.9. The summed E-state index contributed by atoms with van der Waals surface area (Å²) in [5.41, 5.74) is 0.996. The van der Waals surface area contributed by atoms with Crippen molar-refractivity contribution >= 4 is 44.7 Å². The molecule has 2 aliphatic heterocycles. The molecule has 0 unspecified atom stereocenters. The van der Waals surface area contributed by atoms with E-state index in [-0.39, 0.29) is 11.8 Å². The van der Waals surface area contributed by atoms with Crippen LogP contribution in [0.3, 0.4) is 0 Å². The second-order valence-electron chi connectivity index (χ2n) is 7.29. The van der Waals surface area contributed by atoms with Crippen LogP contribution in [0.4, 0.5) is 5.69 Å². The summed E-state index contributed by atoms with van der Waals surface area (Å²) in [6.45, 7) is 3.72. The number of para-hydroxylation sites is 1. The van der Waals surface area contributed by atoms with Gasteiger partial charge in [-0.3, -0.25) is 4.79 Å². The maximum Gasteiger partial charge on any atom is 0.252 e. The van der Waals surface area contributed by atoms with Crippen LogP contribution >= 0.6 is 23.1 Å². The Balaban J connectivity index is 1.47. The van der Waals surface area contributed by atoms with Gasteiger partial charge in [-0.15, -0.1) is 23.1 Å². The number of piperidine rings is 1. The molecule has 3 heterocycles. The number of benzene rings is 1. The molecule has 0 spiro atoms. The van der Waals surface area contributed by atoms with Gasteiger partial charge in [0.25, 0.3) is 10.0 Å².